The van der Waals surface area contributed by atoms with Crippen molar-refractivity contribution in [3.05, 3.63) is 90.2 Å². The van der Waals surface area contributed by atoms with Gasteiger partial charge < -0.3 is 10.1 Å². The van der Waals surface area contributed by atoms with Gasteiger partial charge in [-0.2, -0.15) is 0 Å². The summed E-state index contributed by atoms with van der Waals surface area (Å²) in [5.74, 6) is 0.120. The van der Waals surface area contributed by atoms with E-state index in [1.54, 1.807) is 48.5 Å². The Balaban J connectivity index is 1.85. The summed E-state index contributed by atoms with van der Waals surface area (Å²) in [7, 11) is 0. The van der Waals surface area contributed by atoms with Crippen molar-refractivity contribution in [2.45, 2.75) is 0 Å². The van der Waals surface area contributed by atoms with Gasteiger partial charge in [0, 0.05) is 0 Å². The van der Waals surface area contributed by atoms with E-state index in [4.69, 9.17) is 4.74 Å². The first kappa shape index (κ1) is 14.8. The van der Waals surface area contributed by atoms with Crippen LogP contribution in [0, 0.1) is 5.82 Å². The average Bonchev–Trinajstić information content (AvgIpc) is 2.58. The molecule has 0 radical (unpaired) electrons. The lowest BCUT2D eigenvalue weighted by atomic mass is 10.1. The summed E-state index contributed by atoms with van der Waals surface area (Å²) in [6, 6.07) is 22.0. The molecule has 0 bridgehead atoms. The Morgan fingerprint density at radius 1 is 0.826 bits per heavy atom. The second-order valence-corrected chi connectivity index (χ2v) is 4.85. The third kappa shape index (κ3) is 3.55. The van der Waals surface area contributed by atoms with Crippen LogP contribution in [0.2, 0.25) is 0 Å². The van der Waals surface area contributed by atoms with E-state index < -0.39 is 11.7 Å². The number of benzene rings is 3. The van der Waals surface area contributed by atoms with Crippen molar-refractivity contribution in [2.75, 3.05) is 5.32 Å². The van der Waals surface area contributed by atoms with Crippen molar-refractivity contribution in [2.24, 2.45) is 0 Å². The van der Waals surface area contributed by atoms with Crippen LogP contribution in [0.3, 0.4) is 0 Å². The van der Waals surface area contributed by atoms with Crippen LogP contribution in [-0.4, -0.2) is 5.91 Å². The van der Waals surface area contributed by atoms with Gasteiger partial charge in [0.2, 0.25) is 0 Å². The summed E-state index contributed by atoms with van der Waals surface area (Å²) in [4.78, 5) is 12.4. The molecule has 0 heterocycles. The van der Waals surface area contributed by atoms with Crippen LogP contribution in [0.1, 0.15) is 10.4 Å². The molecule has 0 aromatic heterocycles. The number of anilines is 1. The van der Waals surface area contributed by atoms with Crippen LogP contribution in [0.5, 0.6) is 11.5 Å². The molecule has 1 amide bonds. The van der Waals surface area contributed by atoms with E-state index in [0.29, 0.717) is 17.1 Å². The van der Waals surface area contributed by atoms with E-state index in [1.165, 1.54) is 12.1 Å². The summed E-state index contributed by atoms with van der Waals surface area (Å²) in [6.45, 7) is 0. The third-order valence-corrected chi connectivity index (χ3v) is 3.22. The Hall–Kier alpha value is -3.14. The molecule has 0 aliphatic carbocycles. The number of halogens is 1. The Labute approximate surface area is 133 Å². The highest BCUT2D eigenvalue weighted by atomic mass is 19.1. The minimum absolute atomic E-state index is 0.131. The zero-order chi connectivity index (χ0) is 16.1. The number of carbonyl (C=O) groups is 1. The van der Waals surface area contributed by atoms with Crippen molar-refractivity contribution in [3.8, 4) is 11.5 Å². The lowest BCUT2D eigenvalue weighted by molar-refractivity contribution is 0.102. The summed E-state index contributed by atoms with van der Waals surface area (Å²) >= 11 is 0. The van der Waals surface area contributed by atoms with Gasteiger partial charge in [0.1, 0.15) is 17.3 Å². The number of para-hydroxylation sites is 3. The summed E-state index contributed by atoms with van der Waals surface area (Å²) in [5.41, 5.74) is 0.464. The summed E-state index contributed by atoms with van der Waals surface area (Å²) in [5, 5.41) is 2.56. The van der Waals surface area contributed by atoms with E-state index in [1.807, 2.05) is 18.2 Å². The lowest BCUT2D eigenvalue weighted by Gasteiger charge is -2.11. The highest BCUT2D eigenvalue weighted by Crippen LogP contribution is 2.26. The minimum Gasteiger partial charge on any atom is -0.457 e. The van der Waals surface area contributed by atoms with Crippen LogP contribution in [0.15, 0.2) is 78.9 Å². The number of nitrogens with one attached hydrogen (secondary N) is 1. The fourth-order valence-corrected chi connectivity index (χ4v) is 2.11. The number of rotatable bonds is 4. The molecule has 3 aromatic rings. The van der Waals surface area contributed by atoms with Crippen LogP contribution in [-0.2, 0) is 0 Å². The number of hydrogen-bond donors (Lipinski definition) is 1. The molecule has 23 heavy (non-hydrogen) atoms. The topological polar surface area (TPSA) is 38.3 Å². The standard InChI is InChI=1S/C19H14FNO2/c20-16-11-5-6-12-17(16)21-19(22)15-10-4-7-13-18(15)23-14-8-2-1-3-9-14/h1-13H,(H,21,22). The highest BCUT2D eigenvalue weighted by Gasteiger charge is 2.14. The van der Waals surface area contributed by atoms with Gasteiger partial charge in [0.15, 0.2) is 0 Å². The number of amides is 1. The second kappa shape index (κ2) is 6.75. The quantitative estimate of drug-likeness (QED) is 0.746. The molecule has 114 valence electrons. The maximum atomic E-state index is 13.7. The summed E-state index contributed by atoms with van der Waals surface area (Å²) < 4.78 is 19.4. The molecule has 0 fully saturated rings. The average molecular weight is 307 g/mol. The van der Waals surface area contributed by atoms with Gasteiger partial charge in [-0.25, -0.2) is 4.39 Å². The first-order valence-corrected chi connectivity index (χ1v) is 7.12. The lowest BCUT2D eigenvalue weighted by Crippen LogP contribution is -2.13. The molecular weight excluding hydrogens is 293 g/mol. The fourth-order valence-electron chi connectivity index (χ4n) is 2.11. The van der Waals surface area contributed by atoms with Crippen LogP contribution < -0.4 is 10.1 Å². The molecule has 0 aliphatic heterocycles. The van der Waals surface area contributed by atoms with Crippen molar-refractivity contribution in [1.29, 1.82) is 0 Å². The van der Waals surface area contributed by atoms with Gasteiger partial charge >= 0.3 is 0 Å². The Morgan fingerprint density at radius 2 is 1.48 bits per heavy atom. The smallest absolute Gasteiger partial charge is 0.259 e. The van der Waals surface area contributed by atoms with Crippen molar-refractivity contribution in [1.82, 2.24) is 0 Å². The number of carbonyl (C=O) groups excluding carboxylic acids is 1. The first-order valence-electron chi connectivity index (χ1n) is 7.12. The molecule has 3 aromatic carbocycles. The van der Waals surface area contributed by atoms with Gasteiger partial charge in [-0.3, -0.25) is 4.79 Å². The molecule has 3 nitrogen and oxygen atoms in total. The van der Waals surface area contributed by atoms with E-state index >= 15 is 0 Å². The van der Waals surface area contributed by atoms with E-state index in [-0.39, 0.29) is 5.69 Å². The largest absolute Gasteiger partial charge is 0.457 e. The molecule has 0 saturated heterocycles. The van der Waals surface area contributed by atoms with Crippen molar-refractivity contribution in [3.63, 3.8) is 0 Å². The molecule has 0 saturated carbocycles. The molecule has 4 heteroatoms. The van der Waals surface area contributed by atoms with Gasteiger partial charge in [0.25, 0.3) is 5.91 Å². The maximum absolute atomic E-state index is 13.7. The summed E-state index contributed by atoms with van der Waals surface area (Å²) in [6.07, 6.45) is 0. The Kier molecular flexibility index (Phi) is 4.34. The predicted octanol–water partition coefficient (Wildman–Crippen LogP) is 4.87. The van der Waals surface area contributed by atoms with E-state index in [2.05, 4.69) is 5.32 Å². The Bertz CT molecular complexity index is 818. The predicted molar refractivity (Wildman–Crippen MR) is 87.3 cm³/mol. The van der Waals surface area contributed by atoms with Gasteiger partial charge in [-0.1, -0.05) is 42.5 Å². The van der Waals surface area contributed by atoms with Crippen LogP contribution >= 0.6 is 0 Å². The minimum atomic E-state index is -0.484. The van der Waals surface area contributed by atoms with Gasteiger partial charge in [-0.05, 0) is 36.4 Å². The highest BCUT2D eigenvalue weighted by molar-refractivity contribution is 6.06. The van der Waals surface area contributed by atoms with Crippen molar-refractivity contribution < 1.29 is 13.9 Å². The monoisotopic (exact) mass is 307 g/mol. The maximum Gasteiger partial charge on any atom is 0.259 e. The van der Waals surface area contributed by atoms with Gasteiger partial charge in [0.05, 0.1) is 11.3 Å². The third-order valence-electron chi connectivity index (χ3n) is 3.22. The molecule has 0 spiro atoms. The zero-order valence-corrected chi connectivity index (χ0v) is 12.2. The van der Waals surface area contributed by atoms with E-state index in [0.717, 1.165) is 0 Å². The van der Waals surface area contributed by atoms with Crippen LogP contribution in [0.4, 0.5) is 10.1 Å². The zero-order valence-electron chi connectivity index (χ0n) is 12.2. The van der Waals surface area contributed by atoms with Crippen molar-refractivity contribution >= 4 is 11.6 Å². The Morgan fingerprint density at radius 3 is 2.26 bits per heavy atom. The van der Waals surface area contributed by atoms with Gasteiger partial charge in [-0.15, -0.1) is 0 Å². The van der Waals surface area contributed by atoms with Crippen LogP contribution in [0.25, 0.3) is 0 Å². The fraction of sp³-hybridized carbons (Fsp3) is 0. The van der Waals surface area contributed by atoms with E-state index in [9.17, 15) is 9.18 Å². The normalized spacial score (nSPS) is 10.1. The molecule has 0 aliphatic rings. The molecule has 0 atom stereocenters. The SMILES string of the molecule is O=C(Nc1ccccc1F)c1ccccc1Oc1ccccc1. The molecule has 0 unspecified atom stereocenters. The molecular formula is C19H14FNO2. The number of ether oxygens (including phenoxy) is 1. The molecule has 1 N–H and O–H groups in total. The molecule has 3 rings (SSSR count). The second-order valence-electron chi connectivity index (χ2n) is 4.85. The first-order chi connectivity index (χ1) is 11.2. The number of hydrogen-bond acceptors (Lipinski definition) is 2.